The Kier molecular flexibility index (Phi) is 5.40. The third-order valence-electron chi connectivity index (χ3n) is 3.87. The van der Waals surface area contributed by atoms with Crippen molar-refractivity contribution in [1.29, 1.82) is 0 Å². The van der Waals surface area contributed by atoms with Crippen molar-refractivity contribution >= 4 is 23.3 Å². The molecule has 2 aromatic rings. The summed E-state index contributed by atoms with van der Waals surface area (Å²) in [4.78, 5) is 15.0. The zero-order valence-electron chi connectivity index (χ0n) is 13.0. The lowest BCUT2D eigenvalue weighted by molar-refractivity contribution is -0.133. The molecule has 1 atom stereocenters. The Hall–Kier alpha value is -2.02. The summed E-state index contributed by atoms with van der Waals surface area (Å²) in [5.41, 5.74) is 1.71. The van der Waals surface area contributed by atoms with Crippen LogP contribution in [0, 0.1) is 5.82 Å². The smallest absolute Gasteiger partial charge is 0.246 e. The first-order valence-electron chi connectivity index (χ1n) is 7.68. The maximum atomic E-state index is 13.0. The Bertz CT molecular complexity index is 726. The van der Waals surface area contributed by atoms with Crippen LogP contribution in [0.3, 0.4) is 0 Å². The number of aliphatic hydroxyl groups is 1. The first-order valence-corrected chi connectivity index (χ1v) is 8.56. The Balaban J connectivity index is 1.63. The van der Waals surface area contributed by atoms with E-state index in [0.29, 0.717) is 19.7 Å². The predicted molar refractivity (Wildman–Crippen MR) is 90.9 cm³/mol. The van der Waals surface area contributed by atoms with E-state index in [2.05, 4.69) is 0 Å². The minimum Gasteiger partial charge on any atom is -0.392 e. The SMILES string of the molecule is O=C(C=Cc1cc(CO)cs1)N1CCOC(c2ccc(F)cc2)C1. The summed E-state index contributed by atoms with van der Waals surface area (Å²) >= 11 is 1.48. The van der Waals surface area contributed by atoms with Gasteiger partial charge in [-0.2, -0.15) is 0 Å². The van der Waals surface area contributed by atoms with E-state index >= 15 is 0 Å². The van der Waals surface area contributed by atoms with E-state index < -0.39 is 0 Å². The van der Waals surface area contributed by atoms with Gasteiger partial charge in [0.25, 0.3) is 0 Å². The van der Waals surface area contributed by atoms with Crippen LogP contribution in [0.4, 0.5) is 4.39 Å². The van der Waals surface area contributed by atoms with Crippen LogP contribution in [0.25, 0.3) is 6.08 Å². The van der Waals surface area contributed by atoms with Crippen LogP contribution >= 0.6 is 11.3 Å². The summed E-state index contributed by atoms with van der Waals surface area (Å²) in [6, 6.07) is 8.02. The summed E-state index contributed by atoms with van der Waals surface area (Å²) in [5.74, 6) is -0.368. The van der Waals surface area contributed by atoms with E-state index in [0.717, 1.165) is 16.0 Å². The van der Waals surface area contributed by atoms with Gasteiger partial charge in [0.1, 0.15) is 11.9 Å². The lowest BCUT2D eigenvalue weighted by Crippen LogP contribution is -2.41. The maximum absolute atomic E-state index is 13.0. The van der Waals surface area contributed by atoms with Gasteiger partial charge in [0, 0.05) is 17.5 Å². The van der Waals surface area contributed by atoms with Gasteiger partial charge in [-0.05, 0) is 40.8 Å². The van der Waals surface area contributed by atoms with Gasteiger partial charge in [0.05, 0.1) is 19.8 Å². The van der Waals surface area contributed by atoms with Crippen molar-refractivity contribution in [2.24, 2.45) is 0 Å². The second-order valence-electron chi connectivity index (χ2n) is 5.54. The molecule has 1 N–H and O–H groups in total. The molecule has 1 saturated heterocycles. The molecule has 4 nitrogen and oxygen atoms in total. The predicted octanol–water partition coefficient (Wildman–Crippen LogP) is 2.99. The number of carbonyl (C=O) groups is 1. The van der Waals surface area contributed by atoms with Gasteiger partial charge in [-0.25, -0.2) is 4.39 Å². The summed E-state index contributed by atoms with van der Waals surface area (Å²) < 4.78 is 18.7. The number of carbonyl (C=O) groups excluding carboxylic acids is 1. The average molecular weight is 347 g/mol. The number of thiophene rings is 1. The van der Waals surface area contributed by atoms with Gasteiger partial charge >= 0.3 is 0 Å². The van der Waals surface area contributed by atoms with Crippen LogP contribution in [0.2, 0.25) is 0 Å². The molecule has 1 fully saturated rings. The first kappa shape index (κ1) is 16.8. The molecule has 3 rings (SSSR count). The lowest BCUT2D eigenvalue weighted by atomic mass is 10.1. The standard InChI is InChI=1S/C18H18FNO3S/c19-15-3-1-14(2-4-15)17-10-20(7-8-23-17)18(22)6-5-16-9-13(11-21)12-24-16/h1-6,9,12,17,21H,7-8,10-11H2. The molecule has 1 aliphatic heterocycles. The minimum absolute atomic E-state index is 0.00109. The summed E-state index contributed by atoms with van der Waals surface area (Å²) in [7, 11) is 0. The fraction of sp³-hybridized carbons (Fsp3) is 0.278. The Labute approximate surface area is 143 Å². The van der Waals surface area contributed by atoms with E-state index in [1.165, 1.54) is 23.5 Å². The molecule has 0 bridgehead atoms. The van der Waals surface area contributed by atoms with Crippen molar-refractivity contribution in [3.63, 3.8) is 0 Å². The molecule has 6 heteroatoms. The highest BCUT2D eigenvalue weighted by Gasteiger charge is 2.24. The normalized spacial score (nSPS) is 18.2. The molecule has 2 heterocycles. The van der Waals surface area contributed by atoms with Gasteiger partial charge in [-0.3, -0.25) is 4.79 Å². The molecule has 1 aromatic heterocycles. The van der Waals surface area contributed by atoms with Crippen molar-refractivity contribution < 1.29 is 19.0 Å². The summed E-state index contributed by atoms with van der Waals surface area (Å²) in [6.45, 7) is 1.44. The number of benzene rings is 1. The molecular formula is C18H18FNO3S. The molecule has 0 aliphatic carbocycles. The number of ether oxygens (including phenoxy) is 1. The van der Waals surface area contributed by atoms with E-state index in [4.69, 9.17) is 9.84 Å². The first-order chi connectivity index (χ1) is 11.7. The highest BCUT2D eigenvalue weighted by Crippen LogP contribution is 2.23. The molecule has 126 valence electrons. The minimum atomic E-state index is -0.288. The highest BCUT2D eigenvalue weighted by molar-refractivity contribution is 7.11. The molecule has 24 heavy (non-hydrogen) atoms. The summed E-state index contributed by atoms with van der Waals surface area (Å²) in [5, 5.41) is 10.9. The topological polar surface area (TPSA) is 49.8 Å². The zero-order chi connectivity index (χ0) is 16.9. The maximum Gasteiger partial charge on any atom is 0.246 e. The van der Waals surface area contributed by atoms with Crippen molar-refractivity contribution in [2.45, 2.75) is 12.7 Å². The molecule has 1 amide bonds. The van der Waals surface area contributed by atoms with Crippen LogP contribution in [0.5, 0.6) is 0 Å². The molecular weight excluding hydrogens is 329 g/mol. The van der Waals surface area contributed by atoms with Crippen LogP contribution in [0.15, 0.2) is 41.8 Å². The Morgan fingerprint density at radius 3 is 2.92 bits per heavy atom. The fourth-order valence-electron chi connectivity index (χ4n) is 2.55. The monoisotopic (exact) mass is 347 g/mol. The molecule has 0 spiro atoms. The van der Waals surface area contributed by atoms with Gasteiger partial charge in [0.2, 0.25) is 5.91 Å². The average Bonchev–Trinajstić information content (AvgIpc) is 3.08. The van der Waals surface area contributed by atoms with Crippen LogP contribution in [-0.2, 0) is 16.1 Å². The number of hydrogen-bond donors (Lipinski definition) is 1. The molecule has 0 saturated carbocycles. The largest absolute Gasteiger partial charge is 0.392 e. The molecule has 1 aliphatic rings. The van der Waals surface area contributed by atoms with E-state index in [-0.39, 0.29) is 24.4 Å². The van der Waals surface area contributed by atoms with Crippen LogP contribution in [-0.4, -0.2) is 35.6 Å². The Morgan fingerprint density at radius 1 is 1.42 bits per heavy atom. The number of halogens is 1. The number of nitrogens with zero attached hydrogens (tertiary/aromatic N) is 1. The Morgan fingerprint density at radius 2 is 2.21 bits per heavy atom. The van der Waals surface area contributed by atoms with Crippen molar-refractivity contribution in [1.82, 2.24) is 4.90 Å². The van der Waals surface area contributed by atoms with Crippen LogP contribution < -0.4 is 0 Å². The number of aliphatic hydroxyl groups excluding tert-OH is 1. The summed E-state index contributed by atoms with van der Waals surface area (Å²) in [6.07, 6.45) is 3.06. The fourth-order valence-corrected chi connectivity index (χ4v) is 3.35. The molecule has 1 aromatic carbocycles. The van der Waals surface area contributed by atoms with Crippen LogP contribution in [0.1, 0.15) is 22.1 Å². The van der Waals surface area contributed by atoms with Crippen molar-refractivity contribution in [2.75, 3.05) is 19.7 Å². The second kappa shape index (κ2) is 7.70. The van der Waals surface area contributed by atoms with Gasteiger partial charge < -0.3 is 14.7 Å². The van der Waals surface area contributed by atoms with Gasteiger partial charge in [-0.1, -0.05) is 12.1 Å². The number of hydrogen-bond acceptors (Lipinski definition) is 4. The molecule has 1 unspecified atom stereocenters. The second-order valence-corrected chi connectivity index (χ2v) is 6.49. The number of rotatable bonds is 4. The third kappa shape index (κ3) is 4.08. The number of morpholine rings is 1. The number of amides is 1. The van der Waals surface area contributed by atoms with E-state index in [9.17, 15) is 9.18 Å². The van der Waals surface area contributed by atoms with E-state index in [1.807, 2.05) is 11.4 Å². The quantitative estimate of drug-likeness (QED) is 0.865. The zero-order valence-corrected chi connectivity index (χ0v) is 13.8. The van der Waals surface area contributed by atoms with Crippen molar-refractivity contribution in [3.05, 3.63) is 63.6 Å². The highest BCUT2D eigenvalue weighted by atomic mass is 32.1. The van der Waals surface area contributed by atoms with Crippen molar-refractivity contribution in [3.8, 4) is 0 Å². The lowest BCUT2D eigenvalue weighted by Gasteiger charge is -2.32. The van der Waals surface area contributed by atoms with E-state index in [1.54, 1.807) is 29.2 Å². The van der Waals surface area contributed by atoms with Gasteiger partial charge in [0.15, 0.2) is 0 Å². The third-order valence-corrected chi connectivity index (χ3v) is 4.81. The van der Waals surface area contributed by atoms with Gasteiger partial charge in [-0.15, -0.1) is 11.3 Å². The molecule has 0 radical (unpaired) electrons.